The predicted octanol–water partition coefficient (Wildman–Crippen LogP) is 23.4. The van der Waals surface area contributed by atoms with E-state index in [4.69, 9.17) is 18.5 Å². The van der Waals surface area contributed by atoms with E-state index in [9.17, 15) is 19.0 Å². The lowest BCUT2D eigenvalue weighted by Gasteiger charge is -2.24. The van der Waals surface area contributed by atoms with E-state index in [1.165, 1.54) is 135 Å². The van der Waals surface area contributed by atoms with E-state index < -0.39 is 26.5 Å². The van der Waals surface area contributed by atoms with Gasteiger partial charge in [0.1, 0.15) is 19.8 Å². The molecule has 0 amide bonds. The van der Waals surface area contributed by atoms with Gasteiger partial charge in [-0.25, -0.2) is 4.57 Å². The minimum absolute atomic E-state index is 0.0223. The van der Waals surface area contributed by atoms with Crippen molar-refractivity contribution in [3.63, 3.8) is 0 Å². The summed E-state index contributed by atoms with van der Waals surface area (Å²) in [5.74, 6) is -0.814. The molecule has 0 aliphatic rings. The molecule has 0 rings (SSSR count). The monoisotopic (exact) mass is 1240 g/mol. The molecule has 9 nitrogen and oxygen atoms in total. The fourth-order valence-corrected chi connectivity index (χ4v) is 10.2. The van der Waals surface area contributed by atoms with Crippen LogP contribution in [0.25, 0.3) is 0 Å². The van der Waals surface area contributed by atoms with Gasteiger partial charge in [-0.15, -0.1) is 0 Å². The Kier molecular flexibility index (Phi) is 64.1. The second kappa shape index (κ2) is 67.3. The molecule has 0 aromatic rings. The summed E-state index contributed by atoms with van der Waals surface area (Å²) >= 11 is 0. The van der Waals surface area contributed by atoms with Crippen molar-refractivity contribution in [2.24, 2.45) is 0 Å². The van der Waals surface area contributed by atoms with Gasteiger partial charge in [0.05, 0.1) is 27.7 Å². The fraction of sp³-hybridized carbons (Fsp3) is 0.667. The van der Waals surface area contributed by atoms with Gasteiger partial charge in [0, 0.05) is 12.8 Å². The van der Waals surface area contributed by atoms with Gasteiger partial charge in [-0.05, 0) is 122 Å². The van der Waals surface area contributed by atoms with Crippen LogP contribution < -0.4 is 0 Å². The van der Waals surface area contributed by atoms with E-state index in [-0.39, 0.29) is 32.0 Å². The van der Waals surface area contributed by atoms with Crippen molar-refractivity contribution in [1.29, 1.82) is 0 Å². The molecular weight excluding hydrogens is 1110 g/mol. The van der Waals surface area contributed by atoms with E-state index in [1.807, 2.05) is 21.1 Å². The highest BCUT2D eigenvalue weighted by molar-refractivity contribution is 7.47. The number of unbranched alkanes of at least 4 members (excludes halogenated alkanes) is 26. The van der Waals surface area contributed by atoms with Crippen molar-refractivity contribution < 1.29 is 42.1 Å². The lowest BCUT2D eigenvalue weighted by atomic mass is 10.0. The number of nitrogens with zero attached hydrogens (tertiary/aromatic N) is 1. The fourth-order valence-electron chi connectivity index (χ4n) is 9.43. The number of allylic oxidation sites excluding steroid dienone is 24. The Morgan fingerprint density at radius 3 is 0.966 bits per heavy atom. The smallest absolute Gasteiger partial charge is 0.462 e. The number of likely N-dealkylation sites (N-methyl/N-ethyl adjacent to an activating group) is 1. The van der Waals surface area contributed by atoms with Gasteiger partial charge in [-0.1, -0.05) is 295 Å². The second-order valence-electron chi connectivity index (χ2n) is 24.5. The van der Waals surface area contributed by atoms with E-state index in [2.05, 4.69) is 160 Å². The summed E-state index contributed by atoms with van der Waals surface area (Å²) in [6.07, 6.45) is 99.4. The van der Waals surface area contributed by atoms with Gasteiger partial charge < -0.3 is 18.9 Å². The molecule has 1 N–H and O–H groups in total. The molecule has 2 unspecified atom stereocenters. The van der Waals surface area contributed by atoms with Crippen LogP contribution in [0.1, 0.15) is 284 Å². The van der Waals surface area contributed by atoms with Crippen LogP contribution in [0, 0.1) is 0 Å². The van der Waals surface area contributed by atoms with E-state index in [0.717, 1.165) is 116 Å². The Labute approximate surface area is 542 Å². The minimum Gasteiger partial charge on any atom is -0.462 e. The number of carbonyl (C=O) groups is 2. The molecule has 0 heterocycles. The maximum atomic E-state index is 12.9. The van der Waals surface area contributed by atoms with Crippen LogP contribution >= 0.6 is 7.82 Å². The van der Waals surface area contributed by atoms with Crippen molar-refractivity contribution in [1.82, 2.24) is 0 Å². The number of hydrogen-bond donors (Lipinski definition) is 1. The number of quaternary nitrogens is 1. The summed E-state index contributed by atoms with van der Waals surface area (Å²) < 4.78 is 34.7. The molecule has 0 aromatic carbocycles. The zero-order valence-corrected chi connectivity index (χ0v) is 58.1. The molecule has 0 radical (unpaired) electrons. The summed E-state index contributed by atoms with van der Waals surface area (Å²) in [5, 5.41) is 0. The van der Waals surface area contributed by atoms with Gasteiger partial charge in [-0.2, -0.15) is 0 Å². The highest BCUT2D eigenvalue weighted by Crippen LogP contribution is 2.43. The summed E-state index contributed by atoms with van der Waals surface area (Å²) in [5.41, 5.74) is 0. The number of carbonyl (C=O) groups excluding carboxylic acids is 2. The van der Waals surface area contributed by atoms with Crippen LogP contribution in [0.4, 0.5) is 0 Å². The minimum atomic E-state index is -4.41. The predicted molar refractivity (Wildman–Crippen MR) is 380 cm³/mol. The summed E-state index contributed by atoms with van der Waals surface area (Å²) in [6.45, 7) is 4.30. The topological polar surface area (TPSA) is 108 Å². The molecule has 0 saturated heterocycles. The number of esters is 2. The summed E-state index contributed by atoms with van der Waals surface area (Å²) in [4.78, 5) is 35.9. The van der Waals surface area contributed by atoms with Gasteiger partial charge in [-0.3, -0.25) is 18.6 Å². The number of rotatable bonds is 64. The lowest BCUT2D eigenvalue weighted by molar-refractivity contribution is -0.870. The van der Waals surface area contributed by atoms with Crippen molar-refractivity contribution in [2.45, 2.75) is 290 Å². The summed E-state index contributed by atoms with van der Waals surface area (Å²) in [6, 6.07) is 0. The second-order valence-corrected chi connectivity index (χ2v) is 26.0. The third-order valence-electron chi connectivity index (χ3n) is 14.9. The summed E-state index contributed by atoms with van der Waals surface area (Å²) in [7, 11) is 1.46. The largest absolute Gasteiger partial charge is 0.472 e. The Hall–Kier alpha value is -4.11. The molecule has 0 bridgehead atoms. The van der Waals surface area contributed by atoms with Crippen LogP contribution in [-0.2, 0) is 32.7 Å². The SMILES string of the molecule is CC/C=C\C/C=C\C/C=C\C/C=C\C/C=C\C/C=C\C/C=C\C/C=C\C/C=C\CCCCCCCCCC(=O)OC(COC(=O)CCCCCCCCCCCCCCCC/C=C\C/C=C\C/C=C\CCCCCCC)COP(=O)(O)OCC[N+](C)(C)C. The average Bonchev–Trinajstić information content (AvgIpc) is 3.57. The molecule has 2 atom stereocenters. The lowest BCUT2D eigenvalue weighted by Crippen LogP contribution is -2.37. The van der Waals surface area contributed by atoms with E-state index >= 15 is 0 Å². The van der Waals surface area contributed by atoms with E-state index in [0.29, 0.717) is 17.4 Å². The van der Waals surface area contributed by atoms with Crippen LogP contribution in [0.5, 0.6) is 0 Å². The van der Waals surface area contributed by atoms with Gasteiger partial charge in [0.2, 0.25) is 0 Å². The standard InChI is InChI=1S/C78H132NO8P/c1-6-8-10-12-14-16-18-20-22-24-26-28-30-32-34-36-37-38-39-40-41-43-45-47-49-51-53-55-57-59-61-63-65-67-69-71-78(81)87-76(75-86-88(82,83)85-73-72-79(3,4)5)74-84-77(80)70-68-66-64-62-60-58-56-54-52-50-48-46-44-42-35-33-31-29-27-25-23-21-19-17-15-13-11-9-7-2/h8,10,14,16,19-22,25-28,31-34,37-38,40-41,45,47,51,53,76H,6-7,9,11-13,15,17-18,23-24,29-30,35-36,39,42-44,46,48-50,52,54-75H2,1-5H3/p+1/b10-8-,16-14-,21-19-,22-20-,27-25-,28-26-,33-31-,34-32-,38-37-,41-40-,47-45-,53-51-. The van der Waals surface area contributed by atoms with Crippen molar-refractivity contribution in [2.75, 3.05) is 47.5 Å². The van der Waals surface area contributed by atoms with Crippen LogP contribution in [0.15, 0.2) is 146 Å². The Morgan fingerprint density at radius 2 is 0.648 bits per heavy atom. The van der Waals surface area contributed by atoms with Crippen LogP contribution in [0.3, 0.4) is 0 Å². The van der Waals surface area contributed by atoms with Gasteiger partial charge in [0.15, 0.2) is 6.10 Å². The zero-order valence-electron chi connectivity index (χ0n) is 57.2. The van der Waals surface area contributed by atoms with Crippen molar-refractivity contribution in [3.05, 3.63) is 146 Å². The van der Waals surface area contributed by atoms with E-state index in [1.54, 1.807) is 0 Å². The molecular formula is C78H133NO8P+. The van der Waals surface area contributed by atoms with Crippen LogP contribution in [-0.4, -0.2) is 74.9 Å². The normalized spacial score (nSPS) is 14.0. The maximum absolute atomic E-state index is 12.9. The Bertz CT molecular complexity index is 2000. The number of ether oxygens (including phenoxy) is 2. The highest BCUT2D eigenvalue weighted by Gasteiger charge is 2.27. The first-order chi connectivity index (χ1) is 43.0. The number of hydrogen-bond acceptors (Lipinski definition) is 7. The molecule has 10 heteroatoms. The first-order valence-electron chi connectivity index (χ1n) is 35.6. The zero-order chi connectivity index (χ0) is 64.1. The molecule has 0 aliphatic heterocycles. The molecule has 0 spiro atoms. The first-order valence-corrected chi connectivity index (χ1v) is 37.1. The van der Waals surface area contributed by atoms with Crippen molar-refractivity contribution in [3.8, 4) is 0 Å². The Morgan fingerprint density at radius 1 is 0.364 bits per heavy atom. The van der Waals surface area contributed by atoms with Gasteiger partial charge >= 0.3 is 19.8 Å². The molecule has 0 aliphatic carbocycles. The first kappa shape index (κ1) is 83.9. The maximum Gasteiger partial charge on any atom is 0.472 e. The average molecular weight is 1240 g/mol. The highest BCUT2D eigenvalue weighted by atomic mass is 31.2. The van der Waals surface area contributed by atoms with Crippen molar-refractivity contribution >= 4 is 19.8 Å². The third kappa shape index (κ3) is 71.0. The van der Waals surface area contributed by atoms with Gasteiger partial charge in [0.25, 0.3) is 0 Å². The molecule has 0 fully saturated rings. The molecule has 88 heavy (non-hydrogen) atoms. The number of phosphoric acid groups is 1. The number of phosphoric ester groups is 1. The quantitative estimate of drug-likeness (QED) is 0.0211. The molecule has 502 valence electrons. The Balaban J connectivity index is 4.13. The molecule has 0 aromatic heterocycles. The third-order valence-corrected chi connectivity index (χ3v) is 15.8. The van der Waals surface area contributed by atoms with Crippen LogP contribution in [0.2, 0.25) is 0 Å². The molecule has 0 saturated carbocycles.